The van der Waals surface area contributed by atoms with E-state index in [1.54, 1.807) is 23.6 Å². The van der Waals surface area contributed by atoms with Crippen molar-refractivity contribution in [3.05, 3.63) is 58.7 Å². The molecule has 3 N–H and O–H groups in total. The molecule has 1 aliphatic heterocycles. The van der Waals surface area contributed by atoms with Gasteiger partial charge in [0.1, 0.15) is 17.8 Å². The van der Waals surface area contributed by atoms with E-state index in [1.807, 2.05) is 31.4 Å². The van der Waals surface area contributed by atoms with Crippen molar-refractivity contribution in [1.82, 2.24) is 35.3 Å². The van der Waals surface area contributed by atoms with Crippen LogP contribution in [0.5, 0.6) is 0 Å². The Balaban J connectivity index is 1.59. The summed E-state index contributed by atoms with van der Waals surface area (Å²) in [5.74, 6) is 0.726. The molecule has 10 nitrogen and oxygen atoms in total. The Kier molecular flexibility index (Phi) is 5.12. The molecule has 11 heteroatoms. The highest BCUT2D eigenvalue weighted by molar-refractivity contribution is 7.15. The van der Waals surface area contributed by atoms with Gasteiger partial charge < -0.3 is 10.1 Å². The Hall–Kier alpha value is -3.73. The zero-order valence-electron chi connectivity index (χ0n) is 18.7. The molecular weight excluding hydrogens is 440 g/mol. The number of H-pyrrole nitrogens is 1. The summed E-state index contributed by atoms with van der Waals surface area (Å²) in [6, 6.07) is 5.54. The second-order valence-electron chi connectivity index (χ2n) is 8.17. The van der Waals surface area contributed by atoms with E-state index in [0.717, 1.165) is 17.0 Å². The molecule has 33 heavy (non-hydrogen) atoms. The molecule has 0 fully saturated rings. The van der Waals surface area contributed by atoms with E-state index in [1.165, 1.54) is 11.2 Å². The number of imidazole rings is 1. The summed E-state index contributed by atoms with van der Waals surface area (Å²) < 4.78 is 8.04. The van der Waals surface area contributed by atoms with Gasteiger partial charge in [-0.25, -0.2) is 9.97 Å². The number of carbonyl (C=O) groups excluding carboxylic acids is 1. The number of aryl methyl sites for hydroxylation is 1. The van der Waals surface area contributed by atoms with Crippen LogP contribution in [0.4, 0.5) is 0 Å². The Labute approximate surface area is 194 Å². The van der Waals surface area contributed by atoms with Crippen LogP contribution in [0.1, 0.15) is 59.9 Å². The minimum atomic E-state index is -0.605. The van der Waals surface area contributed by atoms with Crippen molar-refractivity contribution in [2.24, 2.45) is 5.10 Å². The summed E-state index contributed by atoms with van der Waals surface area (Å²) >= 11 is 1.67. The summed E-state index contributed by atoms with van der Waals surface area (Å²) in [4.78, 5) is 24.2. The third kappa shape index (κ3) is 3.84. The molecule has 5 rings (SSSR count). The molecule has 1 unspecified atom stereocenters. The third-order valence-electron chi connectivity index (χ3n) is 5.67. The van der Waals surface area contributed by atoms with Gasteiger partial charge in [0.2, 0.25) is 5.90 Å². The SMILES string of the molecule is CCC1(C)NN=C(c2cc(C(=O)N[C@@H](C)c3ncn[nH]3)cn3c(-c4ccc(C)s4)cnc23)O1. The second-order valence-corrected chi connectivity index (χ2v) is 9.46. The van der Waals surface area contributed by atoms with Gasteiger partial charge in [-0.05, 0) is 39.0 Å². The number of ether oxygens (including phenoxy) is 1. The molecule has 170 valence electrons. The summed E-state index contributed by atoms with van der Waals surface area (Å²) in [6.07, 6.45) is 5.74. The van der Waals surface area contributed by atoms with Crippen LogP contribution in [0.15, 0.2) is 42.0 Å². The Morgan fingerprint density at radius 2 is 2.21 bits per heavy atom. The number of fused-ring (bicyclic) bond motifs is 1. The number of thiophene rings is 1. The highest BCUT2D eigenvalue weighted by atomic mass is 32.1. The first-order valence-electron chi connectivity index (χ1n) is 10.6. The lowest BCUT2D eigenvalue weighted by atomic mass is 10.1. The molecule has 0 saturated carbocycles. The van der Waals surface area contributed by atoms with Gasteiger partial charge in [-0.1, -0.05) is 6.92 Å². The quantitative estimate of drug-likeness (QED) is 0.402. The lowest BCUT2D eigenvalue weighted by Crippen LogP contribution is -2.36. The minimum Gasteiger partial charge on any atom is -0.448 e. The number of pyridine rings is 1. The molecule has 0 aromatic carbocycles. The first-order chi connectivity index (χ1) is 15.9. The highest BCUT2D eigenvalue weighted by Crippen LogP contribution is 2.31. The molecule has 2 atom stereocenters. The number of hydrogen-bond acceptors (Lipinski definition) is 8. The van der Waals surface area contributed by atoms with Crippen molar-refractivity contribution < 1.29 is 9.53 Å². The first-order valence-corrected chi connectivity index (χ1v) is 11.5. The Bertz CT molecular complexity index is 1360. The largest absolute Gasteiger partial charge is 0.448 e. The normalized spacial score (nSPS) is 18.6. The van der Waals surface area contributed by atoms with Crippen LogP contribution in [0.3, 0.4) is 0 Å². The lowest BCUT2D eigenvalue weighted by molar-refractivity contribution is 0.0655. The maximum Gasteiger partial charge on any atom is 0.253 e. The molecule has 0 bridgehead atoms. The maximum absolute atomic E-state index is 13.2. The number of rotatable bonds is 6. The highest BCUT2D eigenvalue weighted by Gasteiger charge is 2.33. The number of aromatic amines is 1. The van der Waals surface area contributed by atoms with Crippen molar-refractivity contribution in [2.45, 2.75) is 45.9 Å². The number of hydrazone groups is 1. The third-order valence-corrected chi connectivity index (χ3v) is 6.70. The molecule has 0 spiro atoms. The Morgan fingerprint density at radius 1 is 1.36 bits per heavy atom. The predicted molar refractivity (Wildman–Crippen MR) is 125 cm³/mol. The van der Waals surface area contributed by atoms with Crippen LogP contribution in [-0.4, -0.2) is 42.1 Å². The lowest BCUT2D eigenvalue weighted by Gasteiger charge is -2.21. The van der Waals surface area contributed by atoms with Gasteiger partial charge in [-0.15, -0.1) is 16.4 Å². The number of aromatic nitrogens is 5. The fourth-order valence-electron chi connectivity index (χ4n) is 3.59. The van der Waals surface area contributed by atoms with Crippen LogP contribution in [-0.2, 0) is 4.74 Å². The number of nitrogens with zero attached hydrogens (tertiary/aromatic N) is 5. The molecular formula is C22H24N8O2S. The number of amides is 1. The smallest absolute Gasteiger partial charge is 0.253 e. The molecule has 1 aliphatic rings. The van der Waals surface area contributed by atoms with E-state index >= 15 is 0 Å². The van der Waals surface area contributed by atoms with Crippen molar-refractivity contribution in [3.8, 4) is 10.6 Å². The van der Waals surface area contributed by atoms with Crippen LogP contribution < -0.4 is 10.7 Å². The molecule has 0 saturated heterocycles. The number of hydrogen-bond donors (Lipinski definition) is 3. The van der Waals surface area contributed by atoms with Gasteiger partial charge in [-0.3, -0.25) is 19.7 Å². The number of carbonyl (C=O) groups is 1. The second kappa shape index (κ2) is 8.00. The Morgan fingerprint density at radius 3 is 2.88 bits per heavy atom. The van der Waals surface area contributed by atoms with Gasteiger partial charge in [0.15, 0.2) is 5.72 Å². The zero-order valence-corrected chi connectivity index (χ0v) is 19.5. The van der Waals surface area contributed by atoms with Gasteiger partial charge in [0.05, 0.1) is 33.9 Å². The van der Waals surface area contributed by atoms with Crippen molar-refractivity contribution >= 4 is 28.8 Å². The van der Waals surface area contributed by atoms with Crippen molar-refractivity contribution in [3.63, 3.8) is 0 Å². The van der Waals surface area contributed by atoms with Crippen LogP contribution in [0.2, 0.25) is 0 Å². The monoisotopic (exact) mass is 464 g/mol. The average Bonchev–Trinajstić information content (AvgIpc) is 3.59. The van der Waals surface area contributed by atoms with Crippen molar-refractivity contribution in [1.29, 1.82) is 0 Å². The van der Waals surface area contributed by atoms with Crippen LogP contribution >= 0.6 is 11.3 Å². The molecule has 5 heterocycles. The van der Waals surface area contributed by atoms with E-state index in [2.05, 4.69) is 55.1 Å². The van der Waals surface area contributed by atoms with E-state index in [4.69, 9.17) is 4.74 Å². The van der Waals surface area contributed by atoms with Gasteiger partial charge in [0, 0.05) is 17.5 Å². The molecule has 1 amide bonds. The fourth-order valence-corrected chi connectivity index (χ4v) is 4.46. The molecule has 4 aromatic heterocycles. The van der Waals surface area contributed by atoms with E-state index in [0.29, 0.717) is 28.5 Å². The van der Waals surface area contributed by atoms with Gasteiger partial charge >= 0.3 is 0 Å². The average molecular weight is 465 g/mol. The molecule has 0 radical (unpaired) electrons. The van der Waals surface area contributed by atoms with Gasteiger partial charge in [0.25, 0.3) is 5.91 Å². The topological polar surface area (TPSA) is 122 Å². The molecule has 0 aliphatic carbocycles. The van der Waals surface area contributed by atoms with Gasteiger partial charge in [-0.2, -0.15) is 5.10 Å². The van der Waals surface area contributed by atoms with E-state index < -0.39 is 5.72 Å². The zero-order chi connectivity index (χ0) is 23.2. The predicted octanol–water partition coefficient (Wildman–Crippen LogP) is 3.39. The maximum atomic E-state index is 13.2. The summed E-state index contributed by atoms with van der Waals surface area (Å²) in [5, 5.41) is 14.0. The van der Waals surface area contributed by atoms with E-state index in [-0.39, 0.29) is 11.9 Å². The standard InChI is InChI=1S/C22H24N8O2S/c1-5-22(4)29-28-21(32-22)15-8-14(20(31)26-13(3)18-24-11-25-27-18)10-30-16(9-23-19(15)30)17-7-6-12(2)33-17/h6-11,13,29H,5H2,1-4H3,(H,26,31)(H,24,25,27)/t13-,22?/m0/s1. The summed E-state index contributed by atoms with van der Waals surface area (Å²) in [7, 11) is 0. The fraction of sp³-hybridized carbons (Fsp3) is 0.318. The van der Waals surface area contributed by atoms with Crippen LogP contribution in [0.25, 0.3) is 16.2 Å². The minimum absolute atomic E-state index is 0.256. The summed E-state index contributed by atoms with van der Waals surface area (Å²) in [5.41, 5.74) is 5.09. The van der Waals surface area contributed by atoms with Crippen LogP contribution in [0, 0.1) is 6.92 Å². The summed E-state index contributed by atoms with van der Waals surface area (Å²) in [6.45, 7) is 7.85. The van der Waals surface area contributed by atoms with E-state index in [9.17, 15) is 4.79 Å². The molecule has 4 aromatic rings. The first kappa shape index (κ1) is 21.1. The van der Waals surface area contributed by atoms with Crippen molar-refractivity contribution in [2.75, 3.05) is 0 Å². The number of nitrogens with one attached hydrogen (secondary N) is 3.